The lowest BCUT2D eigenvalue weighted by atomic mass is 10.3. The molecule has 1 aromatic rings. The largest absolute Gasteiger partial charge is 0.481 e. The zero-order chi connectivity index (χ0) is 13.0. The zero-order valence-electron chi connectivity index (χ0n) is 9.07. The molecule has 8 heteroatoms. The third-order valence-corrected chi connectivity index (χ3v) is 3.09. The lowest BCUT2D eigenvalue weighted by Crippen LogP contribution is -2.26. The van der Waals surface area contributed by atoms with Crippen molar-refractivity contribution in [3.05, 3.63) is 24.2 Å². The van der Waals surface area contributed by atoms with E-state index in [1.807, 2.05) is 0 Å². The molecule has 94 valence electrons. The lowest BCUT2D eigenvalue weighted by Gasteiger charge is -1.97. The van der Waals surface area contributed by atoms with Crippen LogP contribution in [0, 0.1) is 0 Å². The lowest BCUT2D eigenvalue weighted by molar-refractivity contribution is -0.138. The number of carbonyl (C=O) groups is 2. The molecule has 1 fully saturated rings. The van der Waals surface area contributed by atoms with Gasteiger partial charge in [0.25, 0.3) is 0 Å². The summed E-state index contributed by atoms with van der Waals surface area (Å²) >= 11 is 1.05. The standard InChI is InChI=1S/C10H9N3O4S/c14-8(15)4-7-9(16)12-10(18-7)13-11-5-6-2-1-3-17-6/h1-3,5,7H,4H2,(H,14,15)(H,12,13,16)/b11-5-/t7-/m1/s1. The molecule has 7 nitrogen and oxygen atoms in total. The highest BCUT2D eigenvalue weighted by atomic mass is 32.2. The van der Waals surface area contributed by atoms with Crippen molar-refractivity contribution in [1.82, 2.24) is 5.32 Å². The Hall–Kier alpha value is -2.09. The van der Waals surface area contributed by atoms with E-state index < -0.39 is 11.2 Å². The fourth-order valence-electron chi connectivity index (χ4n) is 1.25. The van der Waals surface area contributed by atoms with Gasteiger partial charge in [0, 0.05) is 0 Å². The SMILES string of the molecule is O=C(O)C[C@H]1S/C(=N\N=C/c2ccco2)NC1=O. The molecule has 1 aliphatic heterocycles. The highest BCUT2D eigenvalue weighted by Crippen LogP contribution is 2.22. The Kier molecular flexibility index (Phi) is 3.78. The first-order valence-corrected chi connectivity index (χ1v) is 5.87. The van der Waals surface area contributed by atoms with E-state index in [1.54, 1.807) is 12.1 Å². The Labute approximate surface area is 106 Å². The van der Waals surface area contributed by atoms with Gasteiger partial charge in [0.15, 0.2) is 5.17 Å². The van der Waals surface area contributed by atoms with E-state index in [9.17, 15) is 9.59 Å². The van der Waals surface area contributed by atoms with Gasteiger partial charge in [0.1, 0.15) is 11.0 Å². The third-order valence-electron chi connectivity index (χ3n) is 2.01. The second kappa shape index (κ2) is 5.50. The number of nitrogens with one attached hydrogen (secondary N) is 1. The maximum Gasteiger partial charge on any atom is 0.305 e. The van der Waals surface area contributed by atoms with Crippen LogP contribution in [0.4, 0.5) is 0 Å². The Morgan fingerprint density at radius 1 is 1.67 bits per heavy atom. The molecule has 1 saturated heterocycles. The summed E-state index contributed by atoms with van der Waals surface area (Å²) in [6.07, 6.45) is 2.66. The minimum Gasteiger partial charge on any atom is -0.481 e. The second-order valence-corrected chi connectivity index (χ2v) is 4.55. The molecular formula is C10H9N3O4S. The predicted octanol–water partition coefficient (Wildman–Crippen LogP) is 0.676. The fraction of sp³-hybridized carbons (Fsp3) is 0.200. The first kappa shape index (κ1) is 12.4. The van der Waals surface area contributed by atoms with Crippen molar-refractivity contribution in [3.8, 4) is 0 Å². The van der Waals surface area contributed by atoms with E-state index in [0.29, 0.717) is 5.76 Å². The van der Waals surface area contributed by atoms with E-state index >= 15 is 0 Å². The molecule has 0 unspecified atom stereocenters. The normalized spacial score (nSPS) is 21.7. The predicted molar refractivity (Wildman–Crippen MR) is 65.5 cm³/mol. The van der Waals surface area contributed by atoms with Crippen LogP contribution in [-0.4, -0.2) is 33.6 Å². The van der Waals surface area contributed by atoms with Crippen LogP contribution in [0.1, 0.15) is 12.2 Å². The van der Waals surface area contributed by atoms with Crippen LogP contribution in [0.5, 0.6) is 0 Å². The molecule has 2 heterocycles. The Bertz CT molecular complexity index is 509. The molecule has 2 rings (SSSR count). The molecule has 0 bridgehead atoms. The van der Waals surface area contributed by atoms with Crippen LogP contribution in [0.3, 0.4) is 0 Å². The zero-order valence-corrected chi connectivity index (χ0v) is 9.88. The number of rotatable bonds is 4. The number of hydrogen-bond donors (Lipinski definition) is 2. The van der Waals surface area contributed by atoms with Gasteiger partial charge in [-0.3, -0.25) is 9.59 Å². The van der Waals surface area contributed by atoms with Gasteiger partial charge < -0.3 is 14.8 Å². The first-order valence-electron chi connectivity index (χ1n) is 4.99. The van der Waals surface area contributed by atoms with E-state index in [1.165, 1.54) is 12.5 Å². The summed E-state index contributed by atoms with van der Waals surface area (Å²) in [6, 6.07) is 3.42. The number of amides is 1. The molecule has 1 aromatic heterocycles. The Morgan fingerprint density at radius 2 is 2.50 bits per heavy atom. The third kappa shape index (κ3) is 3.20. The van der Waals surface area contributed by atoms with Crippen LogP contribution in [-0.2, 0) is 9.59 Å². The van der Waals surface area contributed by atoms with Crippen molar-refractivity contribution in [2.75, 3.05) is 0 Å². The monoisotopic (exact) mass is 267 g/mol. The highest BCUT2D eigenvalue weighted by molar-refractivity contribution is 8.15. The molecule has 0 aliphatic carbocycles. The molecule has 0 saturated carbocycles. The van der Waals surface area contributed by atoms with Gasteiger partial charge in [-0.05, 0) is 12.1 Å². The van der Waals surface area contributed by atoms with Crippen LogP contribution in [0.2, 0.25) is 0 Å². The van der Waals surface area contributed by atoms with Crippen LogP contribution >= 0.6 is 11.8 Å². The maximum absolute atomic E-state index is 11.4. The minimum atomic E-state index is -1.03. The average Bonchev–Trinajstić information content (AvgIpc) is 2.90. The molecule has 2 N–H and O–H groups in total. The average molecular weight is 267 g/mol. The summed E-state index contributed by atoms with van der Waals surface area (Å²) in [5, 5.41) is 18.2. The first-order chi connectivity index (χ1) is 8.65. The highest BCUT2D eigenvalue weighted by Gasteiger charge is 2.32. The number of hydrogen-bond acceptors (Lipinski definition) is 6. The van der Waals surface area contributed by atoms with E-state index in [-0.39, 0.29) is 17.5 Å². The van der Waals surface area contributed by atoms with Gasteiger partial charge in [-0.1, -0.05) is 11.8 Å². The van der Waals surface area contributed by atoms with Crippen molar-refractivity contribution in [2.45, 2.75) is 11.7 Å². The second-order valence-electron chi connectivity index (χ2n) is 3.36. The quantitative estimate of drug-likeness (QED) is 0.616. The summed E-state index contributed by atoms with van der Waals surface area (Å²) < 4.78 is 5.00. The van der Waals surface area contributed by atoms with E-state index in [0.717, 1.165) is 11.8 Å². The smallest absolute Gasteiger partial charge is 0.305 e. The Morgan fingerprint density at radius 3 is 3.17 bits per heavy atom. The van der Waals surface area contributed by atoms with Crippen molar-refractivity contribution < 1.29 is 19.1 Å². The van der Waals surface area contributed by atoms with Gasteiger partial charge in [0.05, 0.1) is 18.9 Å². The van der Waals surface area contributed by atoms with Crippen molar-refractivity contribution in [2.24, 2.45) is 10.2 Å². The molecule has 1 atom stereocenters. The van der Waals surface area contributed by atoms with Crippen LogP contribution in [0.25, 0.3) is 0 Å². The number of thioether (sulfide) groups is 1. The number of nitrogens with zero attached hydrogens (tertiary/aromatic N) is 2. The van der Waals surface area contributed by atoms with Crippen molar-refractivity contribution in [1.29, 1.82) is 0 Å². The number of carboxylic acids is 1. The topological polar surface area (TPSA) is 104 Å². The Balaban J connectivity index is 1.95. The molecule has 18 heavy (non-hydrogen) atoms. The molecule has 0 radical (unpaired) electrons. The van der Waals surface area contributed by atoms with Crippen molar-refractivity contribution in [3.63, 3.8) is 0 Å². The van der Waals surface area contributed by atoms with Crippen LogP contribution < -0.4 is 5.32 Å². The summed E-state index contributed by atoms with van der Waals surface area (Å²) in [4.78, 5) is 21.9. The van der Waals surface area contributed by atoms with Crippen LogP contribution in [0.15, 0.2) is 33.0 Å². The van der Waals surface area contributed by atoms with Gasteiger partial charge in [-0.15, -0.1) is 5.10 Å². The molecule has 1 aliphatic rings. The number of aliphatic carboxylic acids is 1. The van der Waals surface area contributed by atoms with Gasteiger partial charge in [0.2, 0.25) is 5.91 Å². The number of amidine groups is 1. The van der Waals surface area contributed by atoms with E-state index in [2.05, 4.69) is 15.5 Å². The number of carbonyl (C=O) groups excluding carboxylic acids is 1. The molecule has 1 amide bonds. The van der Waals surface area contributed by atoms with Gasteiger partial charge >= 0.3 is 5.97 Å². The summed E-state index contributed by atoms with van der Waals surface area (Å²) in [7, 11) is 0. The molecule has 0 spiro atoms. The minimum absolute atomic E-state index is 0.239. The van der Waals surface area contributed by atoms with Gasteiger partial charge in [-0.2, -0.15) is 5.10 Å². The van der Waals surface area contributed by atoms with E-state index in [4.69, 9.17) is 9.52 Å². The fourth-order valence-corrected chi connectivity index (χ4v) is 2.16. The maximum atomic E-state index is 11.4. The molecule has 0 aromatic carbocycles. The number of furan rings is 1. The summed E-state index contributed by atoms with van der Waals surface area (Å²) in [5.41, 5.74) is 0. The summed E-state index contributed by atoms with van der Waals surface area (Å²) in [5.74, 6) is -0.854. The van der Waals surface area contributed by atoms with Crippen molar-refractivity contribution >= 4 is 35.0 Å². The number of carboxylic acid groups (broad SMARTS) is 1. The van der Waals surface area contributed by atoms with Gasteiger partial charge in [-0.25, -0.2) is 0 Å². The summed E-state index contributed by atoms with van der Waals surface area (Å²) in [6.45, 7) is 0. The molecular weight excluding hydrogens is 258 g/mol.